The summed E-state index contributed by atoms with van der Waals surface area (Å²) in [5.74, 6) is 0.695. The Kier molecular flexibility index (Phi) is 4.40. The van der Waals surface area contributed by atoms with Gasteiger partial charge in [0.2, 0.25) is 0 Å². The quantitative estimate of drug-likeness (QED) is 0.557. The van der Waals surface area contributed by atoms with Crippen molar-refractivity contribution in [3.8, 4) is 0 Å². The predicted octanol–water partition coefficient (Wildman–Crippen LogP) is 1.22. The summed E-state index contributed by atoms with van der Waals surface area (Å²) in [5, 5.41) is 6.34. The molecular formula is C10H18N3. The lowest BCUT2D eigenvalue weighted by Crippen LogP contribution is -2.36. The lowest BCUT2D eigenvalue weighted by Gasteiger charge is -2.18. The molecule has 1 aliphatic heterocycles. The van der Waals surface area contributed by atoms with E-state index in [1.54, 1.807) is 0 Å². The Morgan fingerprint density at radius 2 is 2.31 bits per heavy atom. The van der Waals surface area contributed by atoms with Crippen LogP contribution in [0.15, 0.2) is 24.0 Å². The molecule has 0 atom stereocenters. The topological polar surface area (TPSA) is 50.1 Å². The molecule has 1 heterocycles. The van der Waals surface area contributed by atoms with E-state index in [-0.39, 0.29) is 0 Å². The number of hydrogen-bond donors (Lipinski definition) is 3. The van der Waals surface area contributed by atoms with Gasteiger partial charge in [0.15, 0.2) is 6.17 Å². The fourth-order valence-electron chi connectivity index (χ4n) is 1.19. The zero-order chi connectivity index (χ0) is 9.52. The maximum absolute atomic E-state index is 5.59. The fraction of sp³-hybridized carbons (Fsp3) is 0.500. The minimum absolute atomic E-state index is 0.695. The smallest absolute Gasteiger partial charge is 0.150 e. The molecular weight excluding hydrogens is 162 g/mol. The van der Waals surface area contributed by atoms with E-state index in [4.69, 9.17) is 5.73 Å². The maximum Gasteiger partial charge on any atom is 0.150 e. The standard InChI is InChI=1S/C10H18N3/c1-2-3-4-8-12-10-7-5-6-9(11)13-10/h5-7,12-13H,2-4,8,11H2,1H3. The van der Waals surface area contributed by atoms with Crippen LogP contribution < -0.4 is 16.4 Å². The number of nitrogens with one attached hydrogen (secondary N) is 2. The van der Waals surface area contributed by atoms with Gasteiger partial charge < -0.3 is 11.1 Å². The van der Waals surface area contributed by atoms with E-state index < -0.39 is 0 Å². The molecule has 0 aliphatic carbocycles. The van der Waals surface area contributed by atoms with Crippen LogP contribution in [0.25, 0.3) is 0 Å². The van der Waals surface area contributed by atoms with Crippen molar-refractivity contribution >= 4 is 0 Å². The van der Waals surface area contributed by atoms with Crippen LogP contribution in [0.4, 0.5) is 0 Å². The normalized spacial score (nSPS) is 16.8. The average molecular weight is 180 g/mol. The van der Waals surface area contributed by atoms with Gasteiger partial charge >= 0.3 is 0 Å². The second-order valence-corrected chi connectivity index (χ2v) is 3.15. The molecule has 1 aliphatic rings. The molecule has 4 N–H and O–H groups in total. The summed E-state index contributed by atoms with van der Waals surface area (Å²) in [6.45, 7) is 3.21. The molecule has 0 saturated heterocycles. The summed E-state index contributed by atoms with van der Waals surface area (Å²) in [6, 6.07) is 0. The van der Waals surface area contributed by atoms with Crippen LogP contribution in [-0.2, 0) is 0 Å². The number of unbranched alkanes of at least 4 members (excludes halogenated alkanes) is 2. The second-order valence-electron chi connectivity index (χ2n) is 3.15. The predicted molar refractivity (Wildman–Crippen MR) is 55.3 cm³/mol. The van der Waals surface area contributed by atoms with Crippen molar-refractivity contribution in [2.75, 3.05) is 6.54 Å². The Hall–Kier alpha value is -0.960. The van der Waals surface area contributed by atoms with Crippen LogP contribution in [0.5, 0.6) is 0 Å². The van der Waals surface area contributed by atoms with Crippen molar-refractivity contribution in [3.05, 3.63) is 30.2 Å². The number of allylic oxidation sites excluding steroid dienone is 2. The first-order valence-electron chi connectivity index (χ1n) is 4.84. The summed E-state index contributed by atoms with van der Waals surface area (Å²) in [4.78, 5) is 0. The van der Waals surface area contributed by atoms with Gasteiger partial charge in [0, 0.05) is 0 Å². The first-order chi connectivity index (χ1) is 6.33. The fourth-order valence-corrected chi connectivity index (χ4v) is 1.19. The van der Waals surface area contributed by atoms with Crippen LogP contribution in [0.3, 0.4) is 0 Å². The number of hydrogen-bond acceptors (Lipinski definition) is 3. The lowest BCUT2D eigenvalue weighted by molar-refractivity contribution is 0.601. The van der Waals surface area contributed by atoms with Gasteiger partial charge in [0.25, 0.3) is 0 Å². The molecule has 73 valence electrons. The van der Waals surface area contributed by atoms with Gasteiger partial charge in [-0.15, -0.1) is 0 Å². The largest absolute Gasteiger partial charge is 0.385 e. The summed E-state index contributed by atoms with van der Waals surface area (Å²) in [6.07, 6.45) is 10.5. The summed E-state index contributed by atoms with van der Waals surface area (Å²) < 4.78 is 0. The van der Waals surface area contributed by atoms with Gasteiger partial charge in [0.05, 0.1) is 5.82 Å². The Balaban J connectivity index is 2.10. The van der Waals surface area contributed by atoms with Gasteiger partial charge in [-0.3, -0.25) is 5.32 Å². The van der Waals surface area contributed by atoms with E-state index in [0.717, 1.165) is 12.7 Å². The molecule has 1 rings (SSSR count). The van der Waals surface area contributed by atoms with E-state index in [9.17, 15) is 0 Å². The Labute approximate surface area is 80.1 Å². The molecule has 0 aromatic heterocycles. The van der Waals surface area contributed by atoms with Gasteiger partial charge in [-0.25, -0.2) is 0 Å². The van der Waals surface area contributed by atoms with Crippen LogP contribution in [0.1, 0.15) is 26.2 Å². The molecule has 0 unspecified atom stereocenters. The molecule has 0 saturated carbocycles. The zero-order valence-electron chi connectivity index (χ0n) is 8.14. The third kappa shape index (κ3) is 3.99. The molecule has 0 aromatic rings. The Bertz CT molecular complexity index is 196. The van der Waals surface area contributed by atoms with Crippen molar-refractivity contribution < 1.29 is 0 Å². The second kappa shape index (κ2) is 5.65. The van der Waals surface area contributed by atoms with Crippen LogP contribution >= 0.6 is 0 Å². The van der Waals surface area contributed by atoms with E-state index in [0.29, 0.717) is 5.82 Å². The van der Waals surface area contributed by atoms with E-state index in [1.807, 2.05) is 18.2 Å². The van der Waals surface area contributed by atoms with Crippen molar-refractivity contribution in [1.29, 1.82) is 0 Å². The summed E-state index contributed by atoms with van der Waals surface area (Å²) in [5.41, 5.74) is 5.59. The first kappa shape index (κ1) is 10.1. The molecule has 0 spiro atoms. The van der Waals surface area contributed by atoms with Gasteiger partial charge in [0.1, 0.15) is 0 Å². The average Bonchev–Trinajstić information content (AvgIpc) is 2.13. The number of dihydropyridines is 1. The third-order valence-corrected chi connectivity index (χ3v) is 1.91. The van der Waals surface area contributed by atoms with Crippen LogP contribution in [-0.4, -0.2) is 6.54 Å². The molecule has 3 heteroatoms. The van der Waals surface area contributed by atoms with Gasteiger partial charge in [-0.1, -0.05) is 25.8 Å². The first-order valence-corrected chi connectivity index (χ1v) is 4.84. The van der Waals surface area contributed by atoms with E-state index in [1.165, 1.54) is 19.3 Å². The van der Waals surface area contributed by atoms with Crippen molar-refractivity contribution in [2.45, 2.75) is 26.2 Å². The molecule has 1 radical (unpaired) electrons. The molecule has 0 bridgehead atoms. The SMILES string of the molecule is CCCCCN[C]1C=CC=C(N)N1. The number of rotatable bonds is 5. The molecule has 3 nitrogen and oxygen atoms in total. The molecule has 0 amide bonds. The lowest BCUT2D eigenvalue weighted by atomic mass is 10.2. The highest BCUT2D eigenvalue weighted by Gasteiger charge is 2.06. The molecule has 0 aromatic carbocycles. The van der Waals surface area contributed by atoms with Crippen LogP contribution in [0.2, 0.25) is 0 Å². The zero-order valence-corrected chi connectivity index (χ0v) is 8.14. The van der Waals surface area contributed by atoms with Crippen molar-refractivity contribution in [2.24, 2.45) is 5.73 Å². The van der Waals surface area contributed by atoms with Crippen molar-refractivity contribution in [3.63, 3.8) is 0 Å². The van der Waals surface area contributed by atoms with Crippen molar-refractivity contribution in [1.82, 2.24) is 10.6 Å². The van der Waals surface area contributed by atoms with Crippen LogP contribution in [0, 0.1) is 6.17 Å². The Morgan fingerprint density at radius 3 is 3.00 bits per heavy atom. The molecule has 0 fully saturated rings. The maximum atomic E-state index is 5.59. The third-order valence-electron chi connectivity index (χ3n) is 1.91. The minimum Gasteiger partial charge on any atom is -0.385 e. The molecule has 13 heavy (non-hydrogen) atoms. The monoisotopic (exact) mass is 180 g/mol. The number of nitrogens with two attached hydrogens (primary N) is 1. The van der Waals surface area contributed by atoms with Gasteiger partial charge in [-0.05, 0) is 25.1 Å². The highest BCUT2D eigenvalue weighted by Crippen LogP contribution is 2.02. The van der Waals surface area contributed by atoms with E-state index >= 15 is 0 Å². The Morgan fingerprint density at radius 1 is 1.46 bits per heavy atom. The highest BCUT2D eigenvalue weighted by molar-refractivity contribution is 5.24. The summed E-state index contributed by atoms with van der Waals surface area (Å²) in [7, 11) is 0. The van der Waals surface area contributed by atoms with Gasteiger partial charge in [-0.2, -0.15) is 0 Å². The highest BCUT2D eigenvalue weighted by atomic mass is 15.2. The minimum atomic E-state index is 0.695. The van der Waals surface area contributed by atoms with E-state index in [2.05, 4.69) is 17.6 Å². The summed E-state index contributed by atoms with van der Waals surface area (Å²) >= 11 is 0.